The van der Waals surface area contributed by atoms with Crippen LogP contribution in [0.15, 0.2) is 47.7 Å². The van der Waals surface area contributed by atoms with Gasteiger partial charge in [-0.15, -0.1) is 0 Å². The van der Waals surface area contributed by atoms with Crippen LogP contribution in [0.4, 0.5) is 0 Å². The molecular weight excluding hydrogens is 348 g/mol. The Kier molecular flexibility index (Phi) is 5.13. The molecule has 1 aliphatic heterocycles. The molecule has 1 aliphatic rings. The highest BCUT2D eigenvalue weighted by Crippen LogP contribution is 2.32. The molecule has 0 saturated carbocycles. The number of carbonyl (C=O) groups is 1. The molecule has 0 fully saturated rings. The lowest BCUT2D eigenvalue weighted by Gasteiger charge is -2.32. The van der Waals surface area contributed by atoms with Crippen molar-refractivity contribution in [3.05, 3.63) is 53.2 Å². The van der Waals surface area contributed by atoms with Crippen LogP contribution in [0, 0.1) is 5.92 Å². The van der Waals surface area contributed by atoms with E-state index >= 15 is 0 Å². The predicted octanol–water partition coefficient (Wildman–Crippen LogP) is 3.45. The fourth-order valence-electron chi connectivity index (χ4n) is 3.18. The second-order valence-electron chi connectivity index (χ2n) is 6.48. The number of benzene rings is 2. The van der Waals surface area contributed by atoms with Gasteiger partial charge in [-0.3, -0.25) is 0 Å². The van der Waals surface area contributed by atoms with Crippen LogP contribution in [0.1, 0.15) is 25.5 Å². The van der Waals surface area contributed by atoms with E-state index in [2.05, 4.69) is 16.7 Å². The molecule has 1 heterocycles. The summed E-state index contributed by atoms with van der Waals surface area (Å²) in [5.41, 5.74) is 2.30. The molecule has 3 rings (SSSR count). The molecule has 0 aromatic heterocycles. The molecule has 0 amide bonds. The van der Waals surface area contributed by atoms with Gasteiger partial charge in [-0.05, 0) is 52.7 Å². The first-order valence-corrected chi connectivity index (χ1v) is 8.83. The third-order valence-corrected chi connectivity index (χ3v) is 4.71. The van der Waals surface area contributed by atoms with Crippen molar-refractivity contribution in [1.82, 2.24) is 10.6 Å². The van der Waals surface area contributed by atoms with Crippen LogP contribution >= 0.6 is 12.2 Å². The molecule has 26 heavy (non-hydrogen) atoms. The van der Waals surface area contributed by atoms with Gasteiger partial charge in [0.15, 0.2) is 5.11 Å². The molecule has 5 nitrogen and oxygen atoms in total. The van der Waals surface area contributed by atoms with Gasteiger partial charge in [-0.25, -0.2) is 4.79 Å². The Morgan fingerprint density at radius 3 is 2.46 bits per heavy atom. The summed E-state index contributed by atoms with van der Waals surface area (Å²) in [6.45, 7) is 4.03. The normalized spacial score (nSPS) is 17.1. The van der Waals surface area contributed by atoms with E-state index in [0.29, 0.717) is 10.7 Å². The van der Waals surface area contributed by atoms with Crippen LogP contribution in [0.5, 0.6) is 5.75 Å². The number of hydrogen-bond donors (Lipinski definition) is 2. The molecule has 136 valence electrons. The van der Waals surface area contributed by atoms with Crippen LogP contribution in [0.3, 0.4) is 0 Å². The number of nitrogens with one attached hydrogen (secondary N) is 2. The maximum absolute atomic E-state index is 12.5. The van der Waals surface area contributed by atoms with E-state index in [1.54, 1.807) is 7.11 Å². The Morgan fingerprint density at radius 2 is 1.81 bits per heavy atom. The van der Waals surface area contributed by atoms with Gasteiger partial charge in [0.2, 0.25) is 0 Å². The Labute approximate surface area is 158 Å². The average Bonchev–Trinajstić information content (AvgIpc) is 2.65. The summed E-state index contributed by atoms with van der Waals surface area (Å²) in [4.78, 5) is 12.5. The largest absolute Gasteiger partial charge is 0.497 e. The van der Waals surface area contributed by atoms with Gasteiger partial charge in [0, 0.05) is 5.70 Å². The minimum atomic E-state index is -0.365. The van der Waals surface area contributed by atoms with Crippen molar-refractivity contribution in [2.45, 2.75) is 19.9 Å². The van der Waals surface area contributed by atoms with Crippen LogP contribution in [-0.4, -0.2) is 25.3 Å². The zero-order chi connectivity index (χ0) is 18.8. The maximum atomic E-state index is 12.5. The van der Waals surface area contributed by atoms with Gasteiger partial charge in [0.1, 0.15) is 5.75 Å². The number of methoxy groups -OCH3 is 2. The van der Waals surface area contributed by atoms with Crippen LogP contribution < -0.4 is 15.4 Å². The Morgan fingerprint density at radius 1 is 1.12 bits per heavy atom. The molecule has 2 aromatic carbocycles. The lowest BCUT2D eigenvalue weighted by atomic mass is 9.90. The number of ether oxygens (including phenoxy) is 2. The number of fused-ring (bicyclic) bond motifs is 1. The average molecular weight is 370 g/mol. The molecule has 0 bridgehead atoms. The number of carbonyl (C=O) groups excluding carboxylic acids is 1. The molecule has 0 aliphatic carbocycles. The van der Waals surface area contributed by atoms with Crippen molar-refractivity contribution < 1.29 is 14.3 Å². The van der Waals surface area contributed by atoms with Gasteiger partial charge < -0.3 is 20.1 Å². The minimum absolute atomic E-state index is 0.108. The molecule has 6 heteroatoms. The second kappa shape index (κ2) is 7.33. The molecule has 0 radical (unpaired) electrons. The smallest absolute Gasteiger partial charge is 0.337 e. The summed E-state index contributed by atoms with van der Waals surface area (Å²) >= 11 is 5.36. The summed E-state index contributed by atoms with van der Waals surface area (Å²) in [6, 6.07) is 11.6. The predicted molar refractivity (Wildman–Crippen MR) is 106 cm³/mol. The first-order valence-electron chi connectivity index (χ1n) is 8.42. The van der Waals surface area contributed by atoms with Gasteiger partial charge in [0.25, 0.3) is 0 Å². The fourth-order valence-corrected chi connectivity index (χ4v) is 3.40. The third-order valence-electron chi connectivity index (χ3n) is 4.49. The maximum Gasteiger partial charge on any atom is 0.337 e. The van der Waals surface area contributed by atoms with Crippen LogP contribution in [0.25, 0.3) is 10.8 Å². The van der Waals surface area contributed by atoms with Gasteiger partial charge >= 0.3 is 5.97 Å². The first kappa shape index (κ1) is 18.2. The van der Waals surface area contributed by atoms with E-state index in [1.807, 2.05) is 44.2 Å². The lowest BCUT2D eigenvalue weighted by molar-refractivity contribution is -0.136. The number of esters is 1. The molecule has 0 saturated heterocycles. The highest BCUT2D eigenvalue weighted by atomic mass is 32.1. The SMILES string of the molecule is COC(=O)C1=C(C(C)C)NC(=S)N[C@H]1c1ccc2cc(OC)ccc2c1. The standard InChI is InChI=1S/C20H22N2O3S/c1-11(2)17-16(19(23)25-4)18(22-20(26)21-17)14-6-5-13-10-15(24-3)8-7-12(13)9-14/h5-11,18H,1-4H3,(H2,21,22,26)/t18-/m0/s1. The molecule has 0 unspecified atom stereocenters. The zero-order valence-electron chi connectivity index (χ0n) is 15.3. The lowest BCUT2D eigenvalue weighted by Crippen LogP contribution is -2.46. The topological polar surface area (TPSA) is 59.6 Å². The minimum Gasteiger partial charge on any atom is -0.497 e. The number of rotatable bonds is 4. The van der Waals surface area contributed by atoms with Crippen molar-refractivity contribution in [2.24, 2.45) is 5.92 Å². The monoisotopic (exact) mass is 370 g/mol. The summed E-state index contributed by atoms with van der Waals surface area (Å²) in [6.07, 6.45) is 0. The Hall–Kier alpha value is -2.60. The second-order valence-corrected chi connectivity index (χ2v) is 6.89. The van der Waals surface area contributed by atoms with Crippen molar-refractivity contribution >= 4 is 34.1 Å². The van der Waals surface area contributed by atoms with E-state index in [-0.39, 0.29) is 17.9 Å². The molecule has 0 spiro atoms. The molecule has 1 atom stereocenters. The number of thiocarbonyl (C=S) groups is 1. The van der Waals surface area contributed by atoms with Gasteiger partial charge in [-0.2, -0.15) is 0 Å². The molecule has 2 N–H and O–H groups in total. The Balaban J connectivity index is 2.12. The zero-order valence-corrected chi connectivity index (χ0v) is 16.1. The summed E-state index contributed by atoms with van der Waals surface area (Å²) in [7, 11) is 3.04. The van der Waals surface area contributed by atoms with Crippen LogP contribution in [-0.2, 0) is 9.53 Å². The fraction of sp³-hybridized carbons (Fsp3) is 0.300. The van der Waals surface area contributed by atoms with E-state index in [1.165, 1.54) is 7.11 Å². The highest BCUT2D eigenvalue weighted by molar-refractivity contribution is 7.80. The van der Waals surface area contributed by atoms with Gasteiger partial charge in [-0.1, -0.05) is 32.0 Å². The van der Waals surface area contributed by atoms with E-state index in [4.69, 9.17) is 21.7 Å². The summed E-state index contributed by atoms with van der Waals surface area (Å²) in [5.74, 6) is 0.552. The van der Waals surface area contributed by atoms with Crippen molar-refractivity contribution in [3.8, 4) is 5.75 Å². The van der Waals surface area contributed by atoms with Crippen molar-refractivity contribution in [2.75, 3.05) is 14.2 Å². The molecule has 2 aromatic rings. The quantitative estimate of drug-likeness (QED) is 0.635. The van der Waals surface area contributed by atoms with E-state index in [0.717, 1.165) is 27.8 Å². The number of allylic oxidation sites excluding steroid dienone is 1. The number of hydrogen-bond acceptors (Lipinski definition) is 4. The highest BCUT2D eigenvalue weighted by Gasteiger charge is 2.33. The van der Waals surface area contributed by atoms with Crippen LogP contribution in [0.2, 0.25) is 0 Å². The summed E-state index contributed by atoms with van der Waals surface area (Å²) < 4.78 is 10.3. The Bertz CT molecular complexity index is 905. The van der Waals surface area contributed by atoms with Crippen molar-refractivity contribution in [1.29, 1.82) is 0 Å². The molecular formula is C20H22N2O3S. The van der Waals surface area contributed by atoms with E-state index < -0.39 is 0 Å². The van der Waals surface area contributed by atoms with E-state index in [9.17, 15) is 4.79 Å². The summed E-state index contributed by atoms with van der Waals surface area (Å²) in [5, 5.41) is 8.95. The third kappa shape index (κ3) is 3.37. The van der Waals surface area contributed by atoms with Crippen molar-refractivity contribution in [3.63, 3.8) is 0 Å². The van der Waals surface area contributed by atoms with Gasteiger partial charge in [0.05, 0.1) is 25.8 Å². The first-order chi connectivity index (χ1) is 12.4.